The van der Waals surface area contributed by atoms with Gasteiger partial charge in [0.05, 0.1) is 5.69 Å². The first-order valence-electron chi connectivity index (χ1n) is 5.30. The molecular weight excluding hydrogens is 284 g/mol. The fourth-order valence-electron chi connectivity index (χ4n) is 1.54. The Morgan fingerprint density at radius 2 is 2.06 bits per heavy atom. The molecule has 0 N–H and O–H groups in total. The zero-order chi connectivity index (χ0) is 11.4. The summed E-state index contributed by atoms with van der Waals surface area (Å²) in [7, 11) is 0. The lowest BCUT2D eigenvalue weighted by Crippen LogP contribution is -1.87. The summed E-state index contributed by atoms with van der Waals surface area (Å²) in [5, 5.41) is 1.99. The lowest BCUT2D eigenvalue weighted by atomic mass is 10.2. The third-order valence-corrected chi connectivity index (χ3v) is 4.39. The van der Waals surface area contributed by atoms with Crippen LogP contribution in [0.2, 0.25) is 0 Å². The van der Waals surface area contributed by atoms with Crippen LogP contribution in [0.3, 0.4) is 0 Å². The number of pyridine rings is 1. The van der Waals surface area contributed by atoms with E-state index < -0.39 is 0 Å². The largest absolute Gasteiger partial charge is 0.265 e. The number of alkyl halides is 1. The first-order valence-corrected chi connectivity index (χ1v) is 7.24. The van der Waals surface area contributed by atoms with Crippen molar-refractivity contribution in [3.8, 4) is 10.6 Å². The average molecular weight is 297 g/mol. The second kappa shape index (κ2) is 5.55. The van der Waals surface area contributed by atoms with E-state index in [4.69, 9.17) is 4.98 Å². The highest BCUT2D eigenvalue weighted by atomic mass is 79.9. The molecule has 16 heavy (non-hydrogen) atoms. The summed E-state index contributed by atoms with van der Waals surface area (Å²) in [6.45, 7) is 2.18. The molecule has 0 aliphatic rings. The Morgan fingerprint density at radius 3 is 2.69 bits per heavy atom. The molecule has 84 valence electrons. The van der Waals surface area contributed by atoms with Gasteiger partial charge in [0.1, 0.15) is 5.01 Å². The average Bonchev–Trinajstić information content (AvgIpc) is 2.74. The molecule has 0 radical (unpaired) electrons. The maximum Gasteiger partial charge on any atom is 0.124 e. The predicted octanol–water partition coefficient (Wildman–Crippen LogP) is 4.05. The highest BCUT2D eigenvalue weighted by Crippen LogP contribution is 2.29. The first-order chi connectivity index (χ1) is 7.85. The van der Waals surface area contributed by atoms with E-state index in [-0.39, 0.29) is 0 Å². The molecule has 0 fully saturated rings. The Kier molecular flexibility index (Phi) is 4.07. The van der Waals surface area contributed by atoms with Gasteiger partial charge >= 0.3 is 0 Å². The van der Waals surface area contributed by atoms with Crippen LogP contribution in [0.4, 0.5) is 0 Å². The number of hydrogen-bond acceptors (Lipinski definition) is 3. The van der Waals surface area contributed by atoms with Crippen LogP contribution in [0.1, 0.15) is 23.9 Å². The number of aryl methyl sites for hydroxylation is 1. The summed E-state index contributed by atoms with van der Waals surface area (Å²) >= 11 is 5.29. The topological polar surface area (TPSA) is 25.8 Å². The molecule has 0 amide bonds. The molecule has 0 aliphatic heterocycles. The van der Waals surface area contributed by atoms with Crippen molar-refractivity contribution in [2.45, 2.75) is 25.1 Å². The number of hydrogen-bond donors (Lipinski definition) is 0. The minimum atomic E-state index is 0.894. The molecule has 0 saturated carbocycles. The second-order valence-corrected chi connectivity index (χ2v) is 5.15. The van der Waals surface area contributed by atoms with Gasteiger partial charge in [0, 0.05) is 28.2 Å². The van der Waals surface area contributed by atoms with Crippen LogP contribution in [0.15, 0.2) is 24.5 Å². The van der Waals surface area contributed by atoms with Gasteiger partial charge in [0.25, 0.3) is 0 Å². The van der Waals surface area contributed by atoms with E-state index >= 15 is 0 Å². The van der Waals surface area contributed by atoms with E-state index in [2.05, 4.69) is 27.8 Å². The summed E-state index contributed by atoms with van der Waals surface area (Å²) in [4.78, 5) is 10.1. The molecule has 2 rings (SSSR count). The van der Waals surface area contributed by atoms with Crippen molar-refractivity contribution in [3.63, 3.8) is 0 Å². The molecule has 2 aromatic heterocycles. The molecular formula is C12H13BrN2S. The first kappa shape index (κ1) is 11.7. The molecule has 0 aromatic carbocycles. The fourth-order valence-corrected chi connectivity index (χ4v) is 3.17. The van der Waals surface area contributed by atoms with Crippen molar-refractivity contribution >= 4 is 27.3 Å². The molecule has 0 atom stereocenters. The summed E-state index contributed by atoms with van der Waals surface area (Å²) in [5.74, 6) is 0. The van der Waals surface area contributed by atoms with Gasteiger partial charge in [-0.05, 0) is 18.6 Å². The Morgan fingerprint density at radius 1 is 1.31 bits per heavy atom. The number of rotatable bonds is 4. The quantitative estimate of drug-likeness (QED) is 0.796. The van der Waals surface area contributed by atoms with Crippen LogP contribution in [-0.4, -0.2) is 9.97 Å². The Balaban J connectivity index is 2.36. The standard InChI is InChI=1S/C12H13BrN2S/c1-2-3-10-11(8-13)16-12(15-10)9-4-6-14-7-5-9/h4-7H,2-3,8H2,1H3. The molecule has 0 bridgehead atoms. The van der Waals surface area contributed by atoms with Gasteiger partial charge < -0.3 is 0 Å². The van der Waals surface area contributed by atoms with E-state index in [1.165, 1.54) is 10.6 Å². The van der Waals surface area contributed by atoms with E-state index in [0.717, 1.165) is 28.7 Å². The van der Waals surface area contributed by atoms with E-state index in [1.54, 1.807) is 11.3 Å². The minimum Gasteiger partial charge on any atom is -0.265 e. The normalized spacial score (nSPS) is 10.6. The minimum absolute atomic E-state index is 0.894. The lowest BCUT2D eigenvalue weighted by Gasteiger charge is -1.94. The van der Waals surface area contributed by atoms with Crippen LogP contribution >= 0.6 is 27.3 Å². The smallest absolute Gasteiger partial charge is 0.124 e. The van der Waals surface area contributed by atoms with Crippen molar-refractivity contribution < 1.29 is 0 Å². The van der Waals surface area contributed by atoms with Gasteiger partial charge in [-0.25, -0.2) is 4.98 Å². The van der Waals surface area contributed by atoms with Crippen molar-refractivity contribution in [2.75, 3.05) is 0 Å². The lowest BCUT2D eigenvalue weighted by molar-refractivity contribution is 0.885. The number of aromatic nitrogens is 2. The number of halogens is 1. The van der Waals surface area contributed by atoms with Gasteiger partial charge in [-0.3, -0.25) is 4.98 Å². The molecule has 0 aliphatic carbocycles. The van der Waals surface area contributed by atoms with Gasteiger partial charge in [-0.15, -0.1) is 11.3 Å². The molecule has 2 heterocycles. The summed E-state index contributed by atoms with van der Waals surface area (Å²) in [6.07, 6.45) is 5.82. The maximum absolute atomic E-state index is 4.70. The van der Waals surface area contributed by atoms with Gasteiger partial charge in [0.2, 0.25) is 0 Å². The van der Waals surface area contributed by atoms with Crippen molar-refractivity contribution in [2.24, 2.45) is 0 Å². The molecule has 0 spiro atoms. The van der Waals surface area contributed by atoms with Crippen LogP contribution in [0, 0.1) is 0 Å². The Hall–Kier alpha value is -0.740. The molecule has 0 unspecified atom stereocenters. The summed E-state index contributed by atoms with van der Waals surface area (Å²) in [6, 6.07) is 4.01. The zero-order valence-electron chi connectivity index (χ0n) is 9.11. The number of nitrogens with zero attached hydrogens (tertiary/aromatic N) is 2. The van der Waals surface area contributed by atoms with E-state index in [0.29, 0.717) is 0 Å². The Bertz CT molecular complexity index is 453. The van der Waals surface area contributed by atoms with Crippen molar-refractivity contribution in [1.29, 1.82) is 0 Å². The van der Waals surface area contributed by atoms with Crippen LogP contribution in [0.5, 0.6) is 0 Å². The van der Waals surface area contributed by atoms with Gasteiger partial charge in [-0.2, -0.15) is 0 Å². The molecule has 0 saturated heterocycles. The van der Waals surface area contributed by atoms with E-state index in [1.807, 2.05) is 24.5 Å². The third-order valence-electron chi connectivity index (χ3n) is 2.31. The molecule has 2 nitrogen and oxygen atoms in total. The zero-order valence-corrected chi connectivity index (χ0v) is 11.5. The third kappa shape index (κ3) is 2.50. The molecule has 4 heteroatoms. The van der Waals surface area contributed by atoms with Gasteiger partial charge in [0.15, 0.2) is 0 Å². The summed E-state index contributed by atoms with van der Waals surface area (Å²) in [5.41, 5.74) is 2.39. The SMILES string of the molecule is CCCc1nc(-c2ccncc2)sc1CBr. The van der Waals surface area contributed by atoms with Crippen LogP contribution in [-0.2, 0) is 11.8 Å². The Labute approximate surface area is 108 Å². The number of thiazole rings is 1. The van der Waals surface area contributed by atoms with Gasteiger partial charge in [-0.1, -0.05) is 29.3 Å². The second-order valence-electron chi connectivity index (χ2n) is 3.51. The highest BCUT2D eigenvalue weighted by molar-refractivity contribution is 9.08. The predicted molar refractivity (Wildman–Crippen MR) is 72.0 cm³/mol. The van der Waals surface area contributed by atoms with Crippen LogP contribution < -0.4 is 0 Å². The van der Waals surface area contributed by atoms with E-state index in [9.17, 15) is 0 Å². The highest BCUT2D eigenvalue weighted by Gasteiger charge is 2.10. The molecule has 2 aromatic rings. The van der Waals surface area contributed by atoms with Crippen LogP contribution in [0.25, 0.3) is 10.6 Å². The van der Waals surface area contributed by atoms with Crippen molar-refractivity contribution in [1.82, 2.24) is 9.97 Å². The summed E-state index contributed by atoms with van der Waals surface area (Å²) < 4.78 is 0. The maximum atomic E-state index is 4.70. The van der Waals surface area contributed by atoms with Crippen molar-refractivity contribution in [3.05, 3.63) is 35.1 Å². The fraction of sp³-hybridized carbons (Fsp3) is 0.333. The monoisotopic (exact) mass is 296 g/mol.